The maximum absolute atomic E-state index is 12.6. The van der Waals surface area contributed by atoms with Crippen LogP contribution in [0.1, 0.15) is 39.0 Å². The van der Waals surface area contributed by atoms with Crippen molar-refractivity contribution in [1.82, 2.24) is 14.5 Å². The maximum Gasteiger partial charge on any atom is 0.332 e. The fourth-order valence-corrected chi connectivity index (χ4v) is 4.75. The number of hydrogen-bond acceptors (Lipinski definition) is 8. The molecule has 5 aromatic rings. The fourth-order valence-electron chi connectivity index (χ4n) is 4.75. The van der Waals surface area contributed by atoms with Gasteiger partial charge in [0.05, 0.1) is 29.9 Å². The van der Waals surface area contributed by atoms with Crippen molar-refractivity contribution in [3.63, 3.8) is 0 Å². The average Bonchev–Trinajstić information content (AvgIpc) is 3.41. The molecule has 2 aromatic carbocycles. The average molecular weight is 593 g/mol. The number of aromatic nitrogens is 3. The Morgan fingerprint density at radius 3 is 2.64 bits per heavy atom. The molecule has 0 radical (unpaired) electrons. The molecule has 0 saturated heterocycles. The van der Waals surface area contributed by atoms with Crippen molar-refractivity contribution in [2.45, 2.75) is 39.7 Å². The second-order valence-electron chi connectivity index (χ2n) is 11.2. The summed E-state index contributed by atoms with van der Waals surface area (Å²) < 4.78 is 18.6. The Hall–Kier alpha value is -5.18. The Kier molecular flexibility index (Phi) is 9.23. The first-order valence-electron chi connectivity index (χ1n) is 14.6. The molecule has 0 aliphatic carbocycles. The molecule has 1 N–H and O–H groups in total. The van der Waals surface area contributed by atoms with E-state index < -0.39 is 11.6 Å². The standard InChI is InChI=1S/C35H36N4O5/c1-5-42-33(40)21-31(26-19-24-9-6-7-11-29(24)36-22-26)39-17-15-25-20-28(13-14-30(25)39)43-18-16-27-10-8-12-32(38-27)37-23-34(41)44-35(2,3)4/h6-15,17,19-22H,5,16,18,23H2,1-4H3,(H,37,38)/b31-21+. The van der Waals surface area contributed by atoms with Crippen LogP contribution >= 0.6 is 0 Å². The van der Waals surface area contributed by atoms with Gasteiger partial charge in [-0.2, -0.15) is 0 Å². The van der Waals surface area contributed by atoms with E-state index in [1.165, 1.54) is 6.08 Å². The molecule has 9 heteroatoms. The number of esters is 2. The van der Waals surface area contributed by atoms with Crippen LogP contribution in [-0.4, -0.2) is 51.8 Å². The largest absolute Gasteiger partial charge is 0.493 e. The van der Waals surface area contributed by atoms with Gasteiger partial charge in [0.15, 0.2) is 0 Å². The van der Waals surface area contributed by atoms with Crippen LogP contribution in [0.15, 0.2) is 91.3 Å². The Morgan fingerprint density at radius 1 is 0.977 bits per heavy atom. The van der Waals surface area contributed by atoms with Gasteiger partial charge in [0.2, 0.25) is 0 Å². The lowest BCUT2D eigenvalue weighted by atomic mass is 10.1. The van der Waals surface area contributed by atoms with E-state index in [2.05, 4.69) is 15.3 Å². The number of rotatable bonds is 11. The van der Waals surface area contributed by atoms with Crippen molar-refractivity contribution in [2.24, 2.45) is 0 Å². The summed E-state index contributed by atoms with van der Waals surface area (Å²) in [5.74, 6) is 0.562. The number of nitrogens with one attached hydrogen (secondary N) is 1. The molecule has 226 valence electrons. The molecule has 0 spiro atoms. The third-order valence-corrected chi connectivity index (χ3v) is 6.62. The number of anilines is 1. The van der Waals surface area contributed by atoms with Gasteiger partial charge in [-0.05, 0) is 76.2 Å². The second kappa shape index (κ2) is 13.4. The van der Waals surface area contributed by atoms with E-state index in [0.29, 0.717) is 24.5 Å². The fraction of sp³-hybridized carbons (Fsp3) is 0.257. The van der Waals surface area contributed by atoms with Crippen LogP contribution in [0.25, 0.3) is 27.5 Å². The minimum Gasteiger partial charge on any atom is -0.493 e. The van der Waals surface area contributed by atoms with Crippen LogP contribution in [0.2, 0.25) is 0 Å². The van der Waals surface area contributed by atoms with Crippen LogP contribution in [0.3, 0.4) is 0 Å². The predicted molar refractivity (Wildman–Crippen MR) is 171 cm³/mol. The zero-order valence-electron chi connectivity index (χ0n) is 25.4. The number of ether oxygens (including phenoxy) is 3. The zero-order chi connectivity index (χ0) is 31.1. The molecule has 0 fully saturated rings. The van der Waals surface area contributed by atoms with Crippen LogP contribution in [0, 0.1) is 0 Å². The van der Waals surface area contributed by atoms with Gasteiger partial charge in [-0.25, -0.2) is 9.78 Å². The second-order valence-corrected chi connectivity index (χ2v) is 11.2. The smallest absolute Gasteiger partial charge is 0.332 e. The molecule has 0 unspecified atom stereocenters. The SMILES string of the molecule is CCOC(=O)/C=C(\c1cnc2ccccc2c1)n1ccc2cc(OCCc3cccc(NCC(=O)OC(C)(C)C)n3)ccc21. The number of nitrogens with zero attached hydrogens (tertiary/aromatic N) is 3. The van der Waals surface area contributed by atoms with E-state index in [-0.39, 0.29) is 19.1 Å². The number of benzene rings is 2. The first-order chi connectivity index (χ1) is 21.2. The molecule has 3 heterocycles. The predicted octanol–water partition coefficient (Wildman–Crippen LogP) is 6.41. The first-order valence-corrected chi connectivity index (χ1v) is 14.6. The summed E-state index contributed by atoms with van der Waals surface area (Å²) in [4.78, 5) is 33.8. The molecule has 0 bridgehead atoms. The summed E-state index contributed by atoms with van der Waals surface area (Å²) in [6.07, 6.45) is 5.78. The highest BCUT2D eigenvalue weighted by atomic mass is 16.6. The summed E-state index contributed by atoms with van der Waals surface area (Å²) in [6, 6.07) is 23.3. The third-order valence-electron chi connectivity index (χ3n) is 6.62. The van der Waals surface area contributed by atoms with Gasteiger partial charge in [0, 0.05) is 46.9 Å². The molecule has 9 nitrogen and oxygen atoms in total. The summed E-state index contributed by atoms with van der Waals surface area (Å²) in [5.41, 5.74) is 3.55. The number of carbonyl (C=O) groups is 2. The maximum atomic E-state index is 12.6. The summed E-state index contributed by atoms with van der Waals surface area (Å²) in [6.45, 7) is 8.04. The van der Waals surface area contributed by atoms with Crippen LogP contribution in [-0.2, 0) is 25.5 Å². The third kappa shape index (κ3) is 7.80. The lowest BCUT2D eigenvalue weighted by molar-refractivity contribution is -0.152. The van der Waals surface area contributed by atoms with Gasteiger partial charge < -0.3 is 24.1 Å². The molecule has 0 aliphatic heterocycles. The lowest BCUT2D eigenvalue weighted by Gasteiger charge is -2.19. The number of fused-ring (bicyclic) bond motifs is 2. The summed E-state index contributed by atoms with van der Waals surface area (Å²) in [7, 11) is 0. The lowest BCUT2D eigenvalue weighted by Crippen LogP contribution is -2.28. The summed E-state index contributed by atoms with van der Waals surface area (Å²) in [5, 5.41) is 4.95. The number of hydrogen-bond donors (Lipinski definition) is 1. The Labute approximate surface area is 256 Å². The van der Waals surface area contributed by atoms with E-state index in [0.717, 1.165) is 38.8 Å². The molecule has 0 atom stereocenters. The highest BCUT2D eigenvalue weighted by Crippen LogP contribution is 2.29. The van der Waals surface area contributed by atoms with Crippen molar-refractivity contribution < 1.29 is 23.8 Å². The molecule has 5 rings (SSSR count). The minimum absolute atomic E-state index is 0.0396. The van der Waals surface area contributed by atoms with Crippen LogP contribution < -0.4 is 10.1 Å². The van der Waals surface area contributed by atoms with E-state index >= 15 is 0 Å². The highest BCUT2D eigenvalue weighted by Gasteiger charge is 2.16. The highest BCUT2D eigenvalue weighted by molar-refractivity contribution is 5.96. The van der Waals surface area contributed by atoms with Crippen molar-refractivity contribution in [3.05, 3.63) is 103 Å². The minimum atomic E-state index is -0.534. The van der Waals surface area contributed by atoms with E-state index in [9.17, 15) is 9.59 Å². The molecule has 0 amide bonds. The van der Waals surface area contributed by atoms with Gasteiger partial charge in [-0.3, -0.25) is 9.78 Å². The Balaban J connectivity index is 1.28. The van der Waals surface area contributed by atoms with Gasteiger partial charge in [-0.1, -0.05) is 24.3 Å². The van der Waals surface area contributed by atoms with E-state index in [1.54, 1.807) is 13.1 Å². The molecule has 44 heavy (non-hydrogen) atoms. The number of para-hydroxylation sites is 1. The molecular weight excluding hydrogens is 556 g/mol. The number of pyridine rings is 2. The van der Waals surface area contributed by atoms with Gasteiger partial charge in [0.25, 0.3) is 0 Å². The van der Waals surface area contributed by atoms with Crippen molar-refractivity contribution in [2.75, 3.05) is 25.1 Å². The normalized spacial score (nSPS) is 11.9. The quantitative estimate of drug-likeness (QED) is 0.139. The molecule has 0 saturated carbocycles. The monoisotopic (exact) mass is 592 g/mol. The molecular formula is C35H36N4O5. The van der Waals surface area contributed by atoms with Gasteiger partial charge in [-0.15, -0.1) is 0 Å². The first kappa shape index (κ1) is 30.3. The van der Waals surface area contributed by atoms with E-state index in [1.807, 2.05) is 104 Å². The summed E-state index contributed by atoms with van der Waals surface area (Å²) >= 11 is 0. The molecule has 0 aliphatic rings. The number of carbonyl (C=O) groups excluding carboxylic acids is 2. The van der Waals surface area contributed by atoms with Gasteiger partial charge in [0.1, 0.15) is 23.7 Å². The van der Waals surface area contributed by atoms with E-state index in [4.69, 9.17) is 14.2 Å². The Morgan fingerprint density at radius 2 is 1.82 bits per heavy atom. The molecule has 3 aromatic heterocycles. The zero-order valence-corrected chi connectivity index (χ0v) is 25.4. The van der Waals surface area contributed by atoms with Crippen LogP contribution in [0.4, 0.5) is 5.82 Å². The van der Waals surface area contributed by atoms with Crippen molar-refractivity contribution in [3.8, 4) is 5.75 Å². The van der Waals surface area contributed by atoms with Crippen molar-refractivity contribution >= 4 is 45.3 Å². The Bertz CT molecular complexity index is 1820. The van der Waals surface area contributed by atoms with Crippen LogP contribution in [0.5, 0.6) is 5.75 Å². The van der Waals surface area contributed by atoms with Crippen molar-refractivity contribution in [1.29, 1.82) is 0 Å². The van der Waals surface area contributed by atoms with Gasteiger partial charge >= 0.3 is 11.9 Å². The topological polar surface area (TPSA) is 105 Å².